The summed E-state index contributed by atoms with van der Waals surface area (Å²) in [6.45, 7) is 2.18. The topological polar surface area (TPSA) is 76.2 Å². The predicted molar refractivity (Wildman–Crippen MR) is 88.4 cm³/mol. The van der Waals surface area contributed by atoms with Crippen molar-refractivity contribution in [3.8, 4) is 11.5 Å². The Morgan fingerprint density at radius 2 is 2.00 bits per heavy atom. The molecule has 0 aliphatic carbocycles. The van der Waals surface area contributed by atoms with Gasteiger partial charge in [-0.1, -0.05) is 6.07 Å². The molecule has 0 saturated carbocycles. The number of ether oxygens (including phenoxy) is 2. The van der Waals surface area contributed by atoms with Gasteiger partial charge in [-0.3, -0.25) is 0 Å². The zero-order chi connectivity index (χ0) is 15.9. The molecule has 0 amide bonds. The van der Waals surface area contributed by atoms with Crippen LogP contribution in [-0.4, -0.2) is 39.7 Å². The maximum absolute atomic E-state index is 5.74. The fourth-order valence-electron chi connectivity index (χ4n) is 3.60. The largest absolute Gasteiger partial charge is 0.486 e. The molecule has 7 nitrogen and oxygen atoms in total. The molecule has 1 unspecified atom stereocenters. The highest BCUT2D eigenvalue weighted by molar-refractivity contribution is 5.83. The number of fused-ring (bicyclic) bond motifs is 2. The van der Waals surface area contributed by atoms with Crippen molar-refractivity contribution in [1.82, 2.24) is 19.9 Å². The maximum atomic E-state index is 5.74. The van der Waals surface area contributed by atoms with Crippen molar-refractivity contribution in [2.24, 2.45) is 0 Å². The van der Waals surface area contributed by atoms with E-state index in [0.29, 0.717) is 18.9 Å². The van der Waals surface area contributed by atoms with Gasteiger partial charge in [-0.25, -0.2) is 15.0 Å². The molecular weight excluding hydrogens is 306 g/mol. The third-order valence-corrected chi connectivity index (χ3v) is 4.68. The van der Waals surface area contributed by atoms with E-state index < -0.39 is 0 Å². The van der Waals surface area contributed by atoms with E-state index in [-0.39, 0.29) is 6.04 Å². The summed E-state index contributed by atoms with van der Waals surface area (Å²) in [7, 11) is 0. The number of H-pyrrole nitrogens is 1. The summed E-state index contributed by atoms with van der Waals surface area (Å²) >= 11 is 0. The van der Waals surface area contributed by atoms with Crippen molar-refractivity contribution in [1.29, 1.82) is 0 Å². The van der Waals surface area contributed by atoms with Crippen LogP contribution in [0.2, 0.25) is 0 Å². The predicted octanol–water partition coefficient (Wildman–Crippen LogP) is 2.47. The first kappa shape index (κ1) is 13.6. The Morgan fingerprint density at radius 1 is 1.08 bits per heavy atom. The highest BCUT2D eigenvalue weighted by Crippen LogP contribution is 2.40. The van der Waals surface area contributed by atoms with Gasteiger partial charge < -0.3 is 19.4 Å². The third kappa shape index (κ3) is 2.08. The zero-order valence-corrected chi connectivity index (χ0v) is 13.1. The summed E-state index contributed by atoms with van der Waals surface area (Å²) in [4.78, 5) is 18.5. The summed E-state index contributed by atoms with van der Waals surface area (Å²) in [5.41, 5.74) is 2.82. The summed E-state index contributed by atoms with van der Waals surface area (Å²) in [5.74, 6) is 2.57. The molecule has 0 bridgehead atoms. The van der Waals surface area contributed by atoms with Gasteiger partial charge in [0.1, 0.15) is 25.1 Å². The number of imidazole rings is 1. The van der Waals surface area contributed by atoms with Crippen LogP contribution in [0.25, 0.3) is 11.2 Å². The summed E-state index contributed by atoms with van der Waals surface area (Å²) in [6, 6.07) is 6.50. The number of aromatic nitrogens is 4. The highest BCUT2D eigenvalue weighted by Gasteiger charge is 2.30. The quantitative estimate of drug-likeness (QED) is 0.781. The van der Waals surface area contributed by atoms with Crippen LogP contribution in [0.1, 0.15) is 24.4 Å². The Morgan fingerprint density at radius 3 is 2.96 bits per heavy atom. The van der Waals surface area contributed by atoms with E-state index in [1.54, 1.807) is 12.7 Å². The second-order valence-corrected chi connectivity index (χ2v) is 6.05. The average molecular weight is 323 g/mol. The molecule has 1 fully saturated rings. The van der Waals surface area contributed by atoms with Crippen LogP contribution >= 0.6 is 0 Å². The van der Waals surface area contributed by atoms with Gasteiger partial charge in [-0.2, -0.15) is 0 Å². The fourth-order valence-corrected chi connectivity index (χ4v) is 3.60. The number of anilines is 1. The number of aromatic amines is 1. The number of rotatable bonds is 2. The Hall–Kier alpha value is -2.83. The van der Waals surface area contributed by atoms with Crippen LogP contribution in [0.4, 0.5) is 5.82 Å². The van der Waals surface area contributed by atoms with Gasteiger partial charge in [-0.15, -0.1) is 0 Å². The monoisotopic (exact) mass is 323 g/mol. The molecule has 0 radical (unpaired) electrons. The van der Waals surface area contributed by atoms with Crippen molar-refractivity contribution < 1.29 is 9.47 Å². The highest BCUT2D eigenvalue weighted by atomic mass is 16.6. The van der Waals surface area contributed by atoms with Crippen molar-refractivity contribution >= 4 is 17.0 Å². The van der Waals surface area contributed by atoms with Crippen LogP contribution in [0, 0.1) is 0 Å². The first-order chi connectivity index (χ1) is 11.9. The number of benzene rings is 1. The van der Waals surface area contributed by atoms with Crippen molar-refractivity contribution in [3.05, 3.63) is 36.4 Å². The first-order valence-electron chi connectivity index (χ1n) is 8.20. The molecule has 7 heteroatoms. The van der Waals surface area contributed by atoms with Crippen LogP contribution in [0.15, 0.2) is 30.9 Å². The molecule has 1 atom stereocenters. The van der Waals surface area contributed by atoms with Gasteiger partial charge in [0.25, 0.3) is 0 Å². The van der Waals surface area contributed by atoms with Gasteiger partial charge in [0.15, 0.2) is 23.0 Å². The molecule has 0 spiro atoms. The van der Waals surface area contributed by atoms with Crippen LogP contribution in [0.3, 0.4) is 0 Å². The Bertz CT molecular complexity index is 894. The number of hydrogen-bond donors (Lipinski definition) is 1. The van der Waals surface area contributed by atoms with Gasteiger partial charge in [0.2, 0.25) is 0 Å². The van der Waals surface area contributed by atoms with Crippen molar-refractivity contribution in [2.75, 3.05) is 24.7 Å². The average Bonchev–Trinajstić information content (AvgIpc) is 3.30. The minimum Gasteiger partial charge on any atom is -0.486 e. The molecule has 2 aromatic heterocycles. The molecule has 3 aromatic rings. The number of nitrogens with zero attached hydrogens (tertiary/aromatic N) is 4. The van der Waals surface area contributed by atoms with E-state index in [0.717, 1.165) is 42.2 Å². The lowest BCUT2D eigenvalue weighted by atomic mass is 10.0. The van der Waals surface area contributed by atoms with Gasteiger partial charge in [-0.05, 0) is 30.5 Å². The fraction of sp³-hybridized carbons (Fsp3) is 0.353. The standard InChI is InChI=1S/C17H17N5O2/c1-2-12(11-3-4-13-14(8-11)24-7-6-23-13)22(5-1)17-15-16(19-9-18-15)20-10-21-17/h3-4,8-10,12H,1-2,5-7H2,(H,18,19,20,21). The van der Waals surface area contributed by atoms with Gasteiger partial charge in [0.05, 0.1) is 12.4 Å². The Labute approximate surface area is 138 Å². The lowest BCUT2D eigenvalue weighted by Crippen LogP contribution is -2.24. The molecular formula is C17H17N5O2. The molecule has 1 aromatic carbocycles. The second kappa shape index (κ2) is 5.36. The van der Waals surface area contributed by atoms with Crippen molar-refractivity contribution in [2.45, 2.75) is 18.9 Å². The van der Waals surface area contributed by atoms with Crippen LogP contribution < -0.4 is 14.4 Å². The van der Waals surface area contributed by atoms with E-state index in [9.17, 15) is 0 Å². The summed E-state index contributed by atoms with van der Waals surface area (Å²) in [5, 5.41) is 0. The minimum atomic E-state index is 0.266. The lowest BCUT2D eigenvalue weighted by Gasteiger charge is -2.27. The molecule has 1 N–H and O–H groups in total. The lowest BCUT2D eigenvalue weighted by molar-refractivity contribution is 0.171. The van der Waals surface area contributed by atoms with Gasteiger partial charge >= 0.3 is 0 Å². The normalized spacial score (nSPS) is 19.8. The number of hydrogen-bond acceptors (Lipinski definition) is 6. The molecule has 5 rings (SSSR count). The minimum absolute atomic E-state index is 0.266. The first-order valence-corrected chi connectivity index (χ1v) is 8.20. The molecule has 24 heavy (non-hydrogen) atoms. The zero-order valence-electron chi connectivity index (χ0n) is 13.1. The van der Waals surface area contributed by atoms with E-state index in [2.05, 4.69) is 37.0 Å². The maximum Gasteiger partial charge on any atom is 0.182 e. The van der Waals surface area contributed by atoms with Crippen LogP contribution in [-0.2, 0) is 0 Å². The van der Waals surface area contributed by atoms with E-state index in [1.165, 1.54) is 5.56 Å². The third-order valence-electron chi connectivity index (χ3n) is 4.68. The van der Waals surface area contributed by atoms with Crippen LogP contribution in [0.5, 0.6) is 11.5 Å². The molecule has 4 heterocycles. The molecule has 2 aliphatic heterocycles. The Balaban J connectivity index is 1.55. The van der Waals surface area contributed by atoms with Gasteiger partial charge in [0, 0.05) is 6.54 Å². The Kier molecular flexibility index (Phi) is 3.04. The smallest absolute Gasteiger partial charge is 0.182 e. The van der Waals surface area contributed by atoms with E-state index >= 15 is 0 Å². The number of nitrogens with one attached hydrogen (secondary N) is 1. The molecule has 2 aliphatic rings. The summed E-state index contributed by atoms with van der Waals surface area (Å²) in [6.07, 6.45) is 5.45. The SMILES string of the molecule is c1nc(N2CCCC2c2ccc3c(c2)OCCO3)c2[nH]cnc2n1. The molecule has 122 valence electrons. The van der Waals surface area contributed by atoms with E-state index in [1.807, 2.05) is 6.07 Å². The van der Waals surface area contributed by atoms with Crippen molar-refractivity contribution in [3.63, 3.8) is 0 Å². The molecule has 1 saturated heterocycles. The van der Waals surface area contributed by atoms with E-state index in [4.69, 9.17) is 9.47 Å². The second-order valence-electron chi connectivity index (χ2n) is 6.05. The summed E-state index contributed by atoms with van der Waals surface area (Å²) < 4.78 is 11.4.